The zero-order valence-electron chi connectivity index (χ0n) is 10.6. The largest absolute Gasteiger partial charge is 0.385 e. The van der Waals surface area contributed by atoms with Crippen LogP contribution in [0.15, 0.2) is 0 Å². The summed E-state index contributed by atoms with van der Waals surface area (Å²) in [7, 11) is 1.78. The molecule has 0 aromatic rings. The molecular formula is C13H27NO. The molecule has 0 amide bonds. The molecule has 1 aliphatic carbocycles. The van der Waals surface area contributed by atoms with Crippen LogP contribution in [0.3, 0.4) is 0 Å². The van der Waals surface area contributed by atoms with Crippen LogP contribution in [-0.4, -0.2) is 25.8 Å². The van der Waals surface area contributed by atoms with E-state index in [1.807, 2.05) is 0 Å². The van der Waals surface area contributed by atoms with Crippen LogP contribution in [0.25, 0.3) is 0 Å². The van der Waals surface area contributed by atoms with Gasteiger partial charge in [0, 0.05) is 25.8 Å². The van der Waals surface area contributed by atoms with Crippen molar-refractivity contribution in [3.05, 3.63) is 0 Å². The van der Waals surface area contributed by atoms with Gasteiger partial charge in [-0.1, -0.05) is 19.8 Å². The fourth-order valence-electron chi connectivity index (χ4n) is 2.43. The van der Waals surface area contributed by atoms with Crippen molar-refractivity contribution in [2.75, 3.05) is 13.7 Å². The van der Waals surface area contributed by atoms with E-state index in [0.29, 0.717) is 6.04 Å². The van der Waals surface area contributed by atoms with E-state index in [9.17, 15) is 0 Å². The zero-order chi connectivity index (χ0) is 11.1. The number of rotatable bonds is 5. The minimum Gasteiger partial charge on any atom is -0.385 e. The van der Waals surface area contributed by atoms with Crippen LogP contribution in [-0.2, 0) is 4.74 Å². The van der Waals surface area contributed by atoms with Crippen molar-refractivity contribution in [2.24, 2.45) is 5.92 Å². The summed E-state index contributed by atoms with van der Waals surface area (Å²) in [6.45, 7) is 5.53. The molecule has 0 saturated heterocycles. The molecule has 0 heterocycles. The summed E-state index contributed by atoms with van der Waals surface area (Å²) < 4.78 is 5.10. The van der Waals surface area contributed by atoms with Crippen molar-refractivity contribution in [3.63, 3.8) is 0 Å². The Hall–Kier alpha value is -0.0800. The molecule has 2 nitrogen and oxygen atoms in total. The number of nitrogens with one attached hydrogen (secondary N) is 1. The molecule has 1 rings (SSSR count). The number of hydrogen-bond donors (Lipinski definition) is 1. The van der Waals surface area contributed by atoms with E-state index >= 15 is 0 Å². The third-order valence-corrected chi connectivity index (χ3v) is 3.53. The average molecular weight is 213 g/mol. The standard InChI is InChI=1S/C13H27NO/c1-11-5-4-6-13(8-7-11)14-12(2)9-10-15-3/h11-14H,4-10H2,1-3H3. The smallest absolute Gasteiger partial charge is 0.0476 e. The minimum absolute atomic E-state index is 0.600. The first kappa shape index (κ1) is 13.0. The SMILES string of the molecule is COCCC(C)NC1CCCC(C)CC1. The third-order valence-electron chi connectivity index (χ3n) is 3.53. The first-order chi connectivity index (χ1) is 7.22. The molecule has 2 heteroatoms. The van der Waals surface area contributed by atoms with Gasteiger partial charge in [-0.2, -0.15) is 0 Å². The first-order valence-electron chi connectivity index (χ1n) is 6.47. The van der Waals surface area contributed by atoms with Crippen LogP contribution >= 0.6 is 0 Å². The second-order valence-electron chi connectivity index (χ2n) is 5.16. The first-order valence-corrected chi connectivity index (χ1v) is 6.47. The van der Waals surface area contributed by atoms with E-state index in [4.69, 9.17) is 4.74 Å². The molecule has 3 atom stereocenters. The molecule has 15 heavy (non-hydrogen) atoms. The summed E-state index contributed by atoms with van der Waals surface area (Å²) in [6.07, 6.45) is 8.07. The Morgan fingerprint density at radius 3 is 2.80 bits per heavy atom. The van der Waals surface area contributed by atoms with E-state index in [0.717, 1.165) is 25.0 Å². The van der Waals surface area contributed by atoms with Crippen molar-refractivity contribution >= 4 is 0 Å². The van der Waals surface area contributed by atoms with E-state index in [1.54, 1.807) is 7.11 Å². The molecule has 0 radical (unpaired) electrons. The van der Waals surface area contributed by atoms with Gasteiger partial charge in [0.25, 0.3) is 0 Å². The minimum atomic E-state index is 0.600. The van der Waals surface area contributed by atoms with Crippen LogP contribution in [0, 0.1) is 5.92 Å². The highest BCUT2D eigenvalue weighted by atomic mass is 16.5. The van der Waals surface area contributed by atoms with Crippen molar-refractivity contribution in [2.45, 2.75) is 64.5 Å². The number of methoxy groups -OCH3 is 1. The molecule has 0 aromatic carbocycles. The predicted octanol–water partition coefficient (Wildman–Crippen LogP) is 2.97. The maximum atomic E-state index is 5.10. The summed E-state index contributed by atoms with van der Waals surface area (Å²) in [6, 6.07) is 1.35. The highest BCUT2D eigenvalue weighted by molar-refractivity contribution is 4.76. The van der Waals surface area contributed by atoms with Crippen LogP contribution in [0.2, 0.25) is 0 Å². The van der Waals surface area contributed by atoms with E-state index in [1.165, 1.54) is 32.1 Å². The molecule has 1 aliphatic rings. The van der Waals surface area contributed by atoms with Crippen LogP contribution in [0.1, 0.15) is 52.4 Å². The molecule has 3 unspecified atom stereocenters. The van der Waals surface area contributed by atoms with Crippen LogP contribution in [0.4, 0.5) is 0 Å². The molecule has 0 spiro atoms. The molecule has 1 fully saturated rings. The Labute approximate surface area is 94.8 Å². The predicted molar refractivity (Wildman–Crippen MR) is 65.1 cm³/mol. The second-order valence-corrected chi connectivity index (χ2v) is 5.16. The highest BCUT2D eigenvalue weighted by Gasteiger charge is 2.17. The number of ether oxygens (including phenoxy) is 1. The quantitative estimate of drug-likeness (QED) is 0.709. The highest BCUT2D eigenvalue weighted by Crippen LogP contribution is 2.22. The van der Waals surface area contributed by atoms with Gasteiger partial charge in [0.1, 0.15) is 0 Å². The summed E-state index contributed by atoms with van der Waals surface area (Å²) in [5.74, 6) is 0.936. The fraction of sp³-hybridized carbons (Fsp3) is 1.00. The molecule has 1 saturated carbocycles. The van der Waals surface area contributed by atoms with Gasteiger partial charge in [-0.05, 0) is 38.5 Å². The second kappa shape index (κ2) is 7.24. The van der Waals surface area contributed by atoms with Gasteiger partial charge in [0.2, 0.25) is 0 Å². The zero-order valence-corrected chi connectivity index (χ0v) is 10.6. The van der Waals surface area contributed by atoms with E-state index in [2.05, 4.69) is 19.2 Å². The van der Waals surface area contributed by atoms with Gasteiger partial charge >= 0.3 is 0 Å². The summed E-state index contributed by atoms with van der Waals surface area (Å²) >= 11 is 0. The lowest BCUT2D eigenvalue weighted by molar-refractivity contribution is 0.181. The molecule has 90 valence electrons. The average Bonchev–Trinajstić information content (AvgIpc) is 2.41. The van der Waals surface area contributed by atoms with Gasteiger partial charge < -0.3 is 10.1 Å². The van der Waals surface area contributed by atoms with Crippen LogP contribution < -0.4 is 5.32 Å². The fourth-order valence-corrected chi connectivity index (χ4v) is 2.43. The van der Waals surface area contributed by atoms with Gasteiger partial charge in [-0.25, -0.2) is 0 Å². The molecule has 0 aromatic heterocycles. The lowest BCUT2D eigenvalue weighted by Crippen LogP contribution is -2.36. The molecule has 0 bridgehead atoms. The van der Waals surface area contributed by atoms with Crippen LogP contribution in [0.5, 0.6) is 0 Å². The van der Waals surface area contributed by atoms with Gasteiger partial charge in [0.05, 0.1) is 0 Å². The van der Waals surface area contributed by atoms with E-state index < -0.39 is 0 Å². The van der Waals surface area contributed by atoms with Crippen molar-refractivity contribution < 1.29 is 4.74 Å². The lowest BCUT2D eigenvalue weighted by Gasteiger charge is -2.21. The van der Waals surface area contributed by atoms with Crippen molar-refractivity contribution in [1.29, 1.82) is 0 Å². The van der Waals surface area contributed by atoms with Gasteiger partial charge in [0.15, 0.2) is 0 Å². The Morgan fingerprint density at radius 1 is 1.27 bits per heavy atom. The Morgan fingerprint density at radius 2 is 2.07 bits per heavy atom. The van der Waals surface area contributed by atoms with Crippen molar-refractivity contribution in [3.8, 4) is 0 Å². The Balaban J connectivity index is 2.18. The normalized spacial score (nSPS) is 29.8. The maximum Gasteiger partial charge on any atom is 0.0476 e. The number of hydrogen-bond acceptors (Lipinski definition) is 2. The van der Waals surface area contributed by atoms with Crippen molar-refractivity contribution in [1.82, 2.24) is 5.32 Å². The van der Waals surface area contributed by atoms with Gasteiger partial charge in [-0.15, -0.1) is 0 Å². The monoisotopic (exact) mass is 213 g/mol. The third kappa shape index (κ3) is 5.53. The molecule has 0 aliphatic heterocycles. The molecule has 1 N–H and O–H groups in total. The molecular weight excluding hydrogens is 186 g/mol. The summed E-state index contributed by atoms with van der Waals surface area (Å²) in [4.78, 5) is 0. The summed E-state index contributed by atoms with van der Waals surface area (Å²) in [5.41, 5.74) is 0. The Kier molecular flexibility index (Phi) is 6.26. The van der Waals surface area contributed by atoms with E-state index in [-0.39, 0.29) is 0 Å². The van der Waals surface area contributed by atoms with Gasteiger partial charge in [-0.3, -0.25) is 0 Å². The summed E-state index contributed by atoms with van der Waals surface area (Å²) in [5, 5.41) is 3.73. The maximum absolute atomic E-state index is 5.10. The topological polar surface area (TPSA) is 21.3 Å². The lowest BCUT2D eigenvalue weighted by atomic mass is 10.0. The Bertz CT molecular complexity index is 161.